The number of aliphatic hydroxyl groups is 1. The molecule has 1 amide bonds. The molecular formula is C13H17NO3. The maximum Gasteiger partial charge on any atom is 0.251 e. The molecule has 1 aliphatic carbocycles. The third kappa shape index (κ3) is 2.77. The summed E-state index contributed by atoms with van der Waals surface area (Å²) in [7, 11) is 0. The molecule has 17 heavy (non-hydrogen) atoms. The minimum Gasteiger partial charge on any atom is -0.508 e. The Morgan fingerprint density at radius 2 is 2.24 bits per heavy atom. The highest BCUT2D eigenvalue weighted by molar-refractivity contribution is 5.94. The van der Waals surface area contributed by atoms with Crippen molar-refractivity contribution < 1.29 is 15.0 Å². The number of nitrogens with one attached hydrogen (secondary N) is 1. The molecule has 0 saturated heterocycles. The van der Waals surface area contributed by atoms with E-state index >= 15 is 0 Å². The third-order valence-electron chi connectivity index (χ3n) is 3.32. The molecule has 0 bridgehead atoms. The maximum absolute atomic E-state index is 11.9. The van der Waals surface area contributed by atoms with Crippen molar-refractivity contribution in [3.8, 4) is 5.75 Å². The maximum atomic E-state index is 11.9. The fourth-order valence-electron chi connectivity index (χ4n) is 2.34. The van der Waals surface area contributed by atoms with Gasteiger partial charge in [0.1, 0.15) is 5.75 Å². The van der Waals surface area contributed by atoms with E-state index in [0.29, 0.717) is 5.56 Å². The first kappa shape index (κ1) is 11.9. The molecule has 0 aliphatic heterocycles. The second kappa shape index (κ2) is 5.19. The number of aromatic hydroxyl groups is 1. The molecule has 1 aromatic rings. The predicted molar refractivity (Wildman–Crippen MR) is 63.8 cm³/mol. The van der Waals surface area contributed by atoms with Crippen LogP contribution in [-0.4, -0.2) is 28.8 Å². The van der Waals surface area contributed by atoms with E-state index in [-0.39, 0.29) is 30.2 Å². The number of aliphatic hydroxyl groups excluding tert-OH is 1. The van der Waals surface area contributed by atoms with Crippen LogP contribution in [0.5, 0.6) is 5.75 Å². The Bertz CT molecular complexity index is 405. The van der Waals surface area contributed by atoms with E-state index < -0.39 is 0 Å². The van der Waals surface area contributed by atoms with Crippen LogP contribution in [0.1, 0.15) is 29.6 Å². The topological polar surface area (TPSA) is 69.6 Å². The molecule has 1 saturated carbocycles. The molecule has 4 nitrogen and oxygen atoms in total. The lowest BCUT2D eigenvalue weighted by Gasteiger charge is -2.19. The van der Waals surface area contributed by atoms with Crippen molar-refractivity contribution >= 4 is 5.91 Å². The molecule has 4 heteroatoms. The van der Waals surface area contributed by atoms with Gasteiger partial charge in [0.25, 0.3) is 5.91 Å². The van der Waals surface area contributed by atoms with Crippen LogP contribution >= 0.6 is 0 Å². The van der Waals surface area contributed by atoms with E-state index in [1.54, 1.807) is 12.1 Å². The number of benzene rings is 1. The van der Waals surface area contributed by atoms with Gasteiger partial charge >= 0.3 is 0 Å². The molecule has 92 valence electrons. The average molecular weight is 235 g/mol. The summed E-state index contributed by atoms with van der Waals surface area (Å²) in [6, 6.07) is 6.33. The molecule has 2 unspecified atom stereocenters. The van der Waals surface area contributed by atoms with Crippen LogP contribution in [0.3, 0.4) is 0 Å². The fraction of sp³-hybridized carbons (Fsp3) is 0.462. The number of hydrogen-bond donors (Lipinski definition) is 3. The molecule has 2 atom stereocenters. The lowest BCUT2D eigenvalue weighted by Crippen LogP contribution is -2.38. The summed E-state index contributed by atoms with van der Waals surface area (Å²) in [4.78, 5) is 11.9. The van der Waals surface area contributed by atoms with Crippen LogP contribution in [0.25, 0.3) is 0 Å². The van der Waals surface area contributed by atoms with Gasteiger partial charge in [0.2, 0.25) is 0 Å². The van der Waals surface area contributed by atoms with Gasteiger partial charge < -0.3 is 15.5 Å². The molecule has 1 aliphatic rings. The molecule has 0 aromatic heterocycles. The van der Waals surface area contributed by atoms with Gasteiger partial charge in [-0.1, -0.05) is 12.5 Å². The Kier molecular flexibility index (Phi) is 3.64. The van der Waals surface area contributed by atoms with Crippen LogP contribution in [0, 0.1) is 5.92 Å². The van der Waals surface area contributed by atoms with E-state index in [0.717, 1.165) is 19.3 Å². The summed E-state index contributed by atoms with van der Waals surface area (Å²) in [5.74, 6) is 0.0605. The van der Waals surface area contributed by atoms with Gasteiger partial charge in [-0.2, -0.15) is 0 Å². The summed E-state index contributed by atoms with van der Waals surface area (Å²) in [5, 5.41) is 21.4. The number of carbonyl (C=O) groups is 1. The number of amides is 1. The first-order valence-electron chi connectivity index (χ1n) is 5.91. The van der Waals surface area contributed by atoms with Crippen LogP contribution in [-0.2, 0) is 0 Å². The van der Waals surface area contributed by atoms with Gasteiger partial charge in [-0.15, -0.1) is 0 Å². The summed E-state index contributed by atoms with van der Waals surface area (Å²) < 4.78 is 0. The molecule has 1 fully saturated rings. The normalized spacial score (nSPS) is 23.6. The van der Waals surface area contributed by atoms with Gasteiger partial charge in [0, 0.05) is 24.1 Å². The lowest BCUT2D eigenvalue weighted by atomic mass is 10.0. The quantitative estimate of drug-likeness (QED) is 0.739. The van der Waals surface area contributed by atoms with Crippen molar-refractivity contribution in [2.45, 2.75) is 25.3 Å². The number of phenolic OH excluding ortho intramolecular Hbond substituents is 1. The zero-order valence-corrected chi connectivity index (χ0v) is 9.60. The number of rotatable bonds is 3. The molecule has 0 heterocycles. The van der Waals surface area contributed by atoms with Gasteiger partial charge in [-0.25, -0.2) is 0 Å². The number of hydrogen-bond acceptors (Lipinski definition) is 3. The lowest BCUT2D eigenvalue weighted by molar-refractivity contribution is 0.0915. The van der Waals surface area contributed by atoms with Crippen LogP contribution in [0.2, 0.25) is 0 Å². The van der Waals surface area contributed by atoms with Crippen LogP contribution in [0.15, 0.2) is 24.3 Å². The van der Waals surface area contributed by atoms with E-state index in [9.17, 15) is 15.0 Å². The second-order valence-corrected chi connectivity index (χ2v) is 4.50. The summed E-state index contributed by atoms with van der Waals surface area (Å²) in [5.41, 5.74) is 0.452. The van der Waals surface area contributed by atoms with Gasteiger partial charge in [-0.3, -0.25) is 4.79 Å². The Morgan fingerprint density at radius 3 is 2.94 bits per heavy atom. The van der Waals surface area contributed by atoms with Gasteiger partial charge in [-0.05, 0) is 31.0 Å². The first-order chi connectivity index (χ1) is 8.20. The third-order valence-corrected chi connectivity index (χ3v) is 3.32. The minimum atomic E-state index is -0.189. The van der Waals surface area contributed by atoms with Crippen molar-refractivity contribution in [1.82, 2.24) is 5.32 Å². The molecular weight excluding hydrogens is 218 g/mol. The monoisotopic (exact) mass is 235 g/mol. The summed E-state index contributed by atoms with van der Waals surface area (Å²) in [6.45, 7) is 0.116. The minimum absolute atomic E-state index is 0.0508. The SMILES string of the molecule is O=C(NC1CCCC1CO)c1cccc(O)c1. The Labute approximate surface area is 100 Å². The average Bonchev–Trinajstić information content (AvgIpc) is 2.76. The molecule has 3 N–H and O–H groups in total. The number of phenols is 1. The van der Waals surface area contributed by atoms with Gasteiger partial charge in [0.05, 0.1) is 0 Å². The Hall–Kier alpha value is -1.55. The van der Waals surface area contributed by atoms with Crippen molar-refractivity contribution in [2.24, 2.45) is 5.92 Å². The highest BCUT2D eigenvalue weighted by Crippen LogP contribution is 2.25. The molecule has 1 aromatic carbocycles. The first-order valence-corrected chi connectivity index (χ1v) is 5.91. The predicted octanol–water partition coefficient (Wildman–Crippen LogP) is 1.28. The van der Waals surface area contributed by atoms with Gasteiger partial charge in [0.15, 0.2) is 0 Å². The largest absolute Gasteiger partial charge is 0.508 e. The molecule has 0 spiro atoms. The smallest absolute Gasteiger partial charge is 0.251 e. The highest BCUT2D eigenvalue weighted by Gasteiger charge is 2.28. The fourth-order valence-corrected chi connectivity index (χ4v) is 2.34. The zero-order chi connectivity index (χ0) is 12.3. The Morgan fingerprint density at radius 1 is 1.41 bits per heavy atom. The second-order valence-electron chi connectivity index (χ2n) is 4.50. The summed E-state index contributed by atoms with van der Waals surface area (Å²) >= 11 is 0. The zero-order valence-electron chi connectivity index (χ0n) is 9.60. The van der Waals surface area contributed by atoms with Crippen LogP contribution in [0.4, 0.5) is 0 Å². The molecule has 0 radical (unpaired) electrons. The van der Waals surface area contributed by atoms with Crippen molar-refractivity contribution in [3.63, 3.8) is 0 Å². The van der Waals surface area contributed by atoms with Crippen molar-refractivity contribution in [3.05, 3.63) is 29.8 Å². The van der Waals surface area contributed by atoms with Crippen molar-refractivity contribution in [2.75, 3.05) is 6.61 Å². The number of carbonyl (C=O) groups excluding carboxylic acids is 1. The standard InChI is InChI=1S/C13H17NO3/c15-8-10-4-2-6-12(10)14-13(17)9-3-1-5-11(16)7-9/h1,3,5,7,10,12,15-16H,2,4,6,8H2,(H,14,17). The summed E-state index contributed by atoms with van der Waals surface area (Å²) in [6.07, 6.45) is 2.91. The van der Waals surface area contributed by atoms with Crippen LogP contribution < -0.4 is 5.32 Å². The Balaban J connectivity index is 2.01. The highest BCUT2D eigenvalue weighted by atomic mass is 16.3. The van der Waals surface area contributed by atoms with E-state index in [1.807, 2.05) is 0 Å². The van der Waals surface area contributed by atoms with E-state index in [4.69, 9.17) is 0 Å². The van der Waals surface area contributed by atoms with E-state index in [1.165, 1.54) is 12.1 Å². The molecule has 2 rings (SSSR count). The van der Waals surface area contributed by atoms with E-state index in [2.05, 4.69) is 5.32 Å². The van der Waals surface area contributed by atoms with Crippen molar-refractivity contribution in [1.29, 1.82) is 0 Å².